The van der Waals surface area contributed by atoms with Crippen LogP contribution in [0.4, 0.5) is 4.79 Å². The Kier molecular flexibility index (Phi) is 4.64. The highest BCUT2D eigenvalue weighted by molar-refractivity contribution is 7.91. The Balaban J connectivity index is 1.54. The summed E-state index contributed by atoms with van der Waals surface area (Å²) in [7, 11) is -3.41. The van der Waals surface area contributed by atoms with E-state index in [9.17, 15) is 18.0 Å². The number of rotatable bonds is 2. The van der Waals surface area contributed by atoms with Gasteiger partial charge < -0.3 is 15.2 Å². The average molecular weight is 397 g/mol. The predicted octanol–water partition coefficient (Wildman–Crippen LogP) is 2.03. The SMILES string of the molecule is O=C(NCc1c[nH]c(=O)c2ccccc12)N1CCS(=O)(=O)c2ccccc2C1. The van der Waals surface area contributed by atoms with Gasteiger partial charge in [-0.2, -0.15) is 0 Å². The van der Waals surface area contributed by atoms with Crippen molar-refractivity contribution < 1.29 is 13.2 Å². The molecule has 0 radical (unpaired) electrons. The van der Waals surface area contributed by atoms with Gasteiger partial charge in [-0.25, -0.2) is 13.2 Å². The Hall–Kier alpha value is -3.13. The first-order valence-electron chi connectivity index (χ1n) is 8.88. The molecule has 0 saturated carbocycles. The summed E-state index contributed by atoms with van der Waals surface area (Å²) in [4.78, 5) is 29.1. The number of nitrogens with one attached hydrogen (secondary N) is 2. The Morgan fingerprint density at radius 3 is 2.61 bits per heavy atom. The zero-order valence-corrected chi connectivity index (χ0v) is 15.8. The monoisotopic (exact) mass is 397 g/mol. The molecule has 1 aromatic heterocycles. The number of urea groups is 1. The van der Waals surface area contributed by atoms with E-state index in [1.807, 2.05) is 12.1 Å². The highest BCUT2D eigenvalue weighted by Gasteiger charge is 2.27. The summed E-state index contributed by atoms with van der Waals surface area (Å²) < 4.78 is 24.9. The first-order chi connectivity index (χ1) is 13.5. The van der Waals surface area contributed by atoms with Crippen molar-refractivity contribution in [2.24, 2.45) is 0 Å². The van der Waals surface area contributed by atoms with Crippen LogP contribution >= 0.6 is 0 Å². The second-order valence-electron chi connectivity index (χ2n) is 6.70. The van der Waals surface area contributed by atoms with Gasteiger partial charge in [0.1, 0.15) is 0 Å². The number of aromatic amines is 1. The normalized spacial score (nSPS) is 15.6. The van der Waals surface area contributed by atoms with Crippen LogP contribution in [0.1, 0.15) is 11.1 Å². The lowest BCUT2D eigenvalue weighted by atomic mass is 10.1. The summed E-state index contributed by atoms with van der Waals surface area (Å²) in [6, 6.07) is 13.6. The van der Waals surface area contributed by atoms with Crippen molar-refractivity contribution in [3.8, 4) is 0 Å². The lowest BCUT2D eigenvalue weighted by Gasteiger charge is -2.21. The zero-order chi connectivity index (χ0) is 19.7. The molecule has 0 fully saturated rings. The number of hydrogen-bond donors (Lipinski definition) is 2. The van der Waals surface area contributed by atoms with Crippen LogP contribution in [0.2, 0.25) is 0 Å². The Bertz CT molecular complexity index is 1220. The molecule has 2 N–H and O–H groups in total. The van der Waals surface area contributed by atoms with E-state index < -0.39 is 9.84 Å². The van der Waals surface area contributed by atoms with Crippen molar-refractivity contribution in [3.63, 3.8) is 0 Å². The van der Waals surface area contributed by atoms with Gasteiger partial charge in [-0.05, 0) is 28.6 Å². The number of amides is 2. The predicted molar refractivity (Wildman–Crippen MR) is 106 cm³/mol. The van der Waals surface area contributed by atoms with Gasteiger partial charge in [0, 0.05) is 31.2 Å². The molecule has 4 rings (SSSR count). The third kappa shape index (κ3) is 3.38. The maximum Gasteiger partial charge on any atom is 0.317 e. The first-order valence-corrected chi connectivity index (χ1v) is 10.5. The van der Waals surface area contributed by atoms with Gasteiger partial charge >= 0.3 is 6.03 Å². The number of sulfone groups is 1. The number of nitrogens with zero attached hydrogens (tertiary/aromatic N) is 1. The van der Waals surface area contributed by atoms with Gasteiger partial charge in [-0.1, -0.05) is 36.4 Å². The molecule has 1 aliphatic rings. The van der Waals surface area contributed by atoms with Crippen LogP contribution in [0, 0.1) is 0 Å². The number of aromatic nitrogens is 1. The topological polar surface area (TPSA) is 99.3 Å². The highest BCUT2D eigenvalue weighted by atomic mass is 32.2. The van der Waals surface area contributed by atoms with Crippen molar-refractivity contribution in [1.29, 1.82) is 0 Å². The summed E-state index contributed by atoms with van der Waals surface area (Å²) >= 11 is 0. The van der Waals surface area contributed by atoms with E-state index >= 15 is 0 Å². The number of carbonyl (C=O) groups is 1. The summed E-state index contributed by atoms with van der Waals surface area (Å²) in [5, 5.41) is 4.17. The summed E-state index contributed by atoms with van der Waals surface area (Å²) in [6.45, 7) is 0.573. The minimum absolute atomic E-state index is 0.112. The summed E-state index contributed by atoms with van der Waals surface area (Å²) in [6.07, 6.45) is 1.59. The second-order valence-corrected chi connectivity index (χ2v) is 8.77. The lowest BCUT2D eigenvalue weighted by Crippen LogP contribution is -2.40. The van der Waals surface area contributed by atoms with Gasteiger partial charge in [0.2, 0.25) is 0 Å². The van der Waals surface area contributed by atoms with E-state index in [4.69, 9.17) is 0 Å². The third-order valence-corrected chi connectivity index (χ3v) is 6.70. The Morgan fingerprint density at radius 2 is 1.79 bits per heavy atom. The molecule has 2 heterocycles. The van der Waals surface area contributed by atoms with E-state index in [0.717, 1.165) is 10.9 Å². The van der Waals surface area contributed by atoms with E-state index in [0.29, 0.717) is 10.9 Å². The van der Waals surface area contributed by atoms with Crippen molar-refractivity contribution in [3.05, 3.63) is 76.2 Å². The fraction of sp³-hybridized carbons (Fsp3) is 0.200. The van der Waals surface area contributed by atoms with Crippen molar-refractivity contribution in [2.75, 3.05) is 12.3 Å². The number of fused-ring (bicyclic) bond motifs is 2. The van der Waals surface area contributed by atoms with Gasteiger partial charge in [0.05, 0.1) is 10.6 Å². The number of H-pyrrole nitrogens is 1. The Morgan fingerprint density at radius 1 is 1.07 bits per heavy atom. The number of benzene rings is 2. The standard InChI is InChI=1S/C20H19N3O4S/c24-19-17-7-3-2-6-16(17)15(11-21-19)12-22-20(25)23-9-10-28(26,27)18-8-4-1-5-14(18)13-23/h1-8,11H,9-10,12-13H2,(H,21,24)(H,22,25). The molecule has 3 aromatic rings. The van der Waals surface area contributed by atoms with Gasteiger partial charge in [0.25, 0.3) is 5.56 Å². The van der Waals surface area contributed by atoms with Crippen LogP contribution in [0.15, 0.2) is 64.4 Å². The molecule has 2 aromatic carbocycles. The molecule has 1 aliphatic heterocycles. The minimum Gasteiger partial charge on any atom is -0.334 e. The number of pyridine rings is 1. The zero-order valence-electron chi connectivity index (χ0n) is 15.0. The molecular formula is C20H19N3O4S. The molecule has 0 spiro atoms. The van der Waals surface area contributed by atoms with Crippen LogP contribution < -0.4 is 10.9 Å². The molecule has 0 saturated heterocycles. The smallest absolute Gasteiger partial charge is 0.317 e. The van der Waals surface area contributed by atoms with E-state index in [1.165, 1.54) is 4.90 Å². The molecule has 8 heteroatoms. The molecular weight excluding hydrogens is 378 g/mol. The molecule has 0 bridgehead atoms. The first kappa shape index (κ1) is 18.2. The van der Waals surface area contributed by atoms with Crippen LogP contribution in [0.25, 0.3) is 10.8 Å². The fourth-order valence-electron chi connectivity index (χ4n) is 3.43. The van der Waals surface area contributed by atoms with Crippen molar-refractivity contribution >= 4 is 26.6 Å². The molecule has 7 nitrogen and oxygen atoms in total. The van der Waals surface area contributed by atoms with Gasteiger partial charge in [0.15, 0.2) is 9.84 Å². The van der Waals surface area contributed by atoms with Crippen LogP contribution in [0.3, 0.4) is 0 Å². The average Bonchev–Trinajstić information content (AvgIpc) is 2.84. The van der Waals surface area contributed by atoms with Gasteiger partial charge in [-0.3, -0.25) is 4.79 Å². The molecule has 0 unspecified atom stereocenters. The minimum atomic E-state index is -3.41. The van der Waals surface area contributed by atoms with Crippen molar-refractivity contribution in [1.82, 2.24) is 15.2 Å². The largest absolute Gasteiger partial charge is 0.334 e. The van der Waals surface area contributed by atoms with Crippen LogP contribution in [0.5, 0.6) is 0 Å². The van der Waals surface area contributed by atoms with E-state index in [2.05, 4.69) is 10.3 Å². The van der Waals surface area contributed by atoms with Crippen LogP contribution in [-0.2, 0) is 22.9 Å². The molecule has 0 atom stereocenters. The van der Waals surface area contributed by atoms with Gasteiger partial charge in [-0.15, -0.1) is 0 Å². The van der Waals surface area contributed by atoms with Crippen molar-refractivity contribution in [2.45, 2.75) is 18.0 Å². The molecule has 144 valence electrons. The maximum absolute atomic E-state index is 12.7. The number of hydrogen-bond acceptors (Lipinski definition) is 4. The van der Waals surface area contributed by atoms with E-state index in [1.54, 1.807) is 42.6 Å². The lowest BCUT2D eigenvalue weighted by molar-refractivity contribution is 0.198. The maximum atomic E-state index is 12.7. The number of carbonyl (C=O) groups excluding carboxylic acids is 1. The molecule has 0 aliphatic carbocycles. The second kappa shape index (κ2) is 7.12. The fourth-order valence-corrected chi connectivity index (χ4v) is 4.93. The van der Waals surface area contributed by atoms with Crippen LogP contribution in [-0.4, -0.2) is 36.6 Å². The highest BCUT2D eigenvalue weighted by Crippen LogP contribution is 2.22. The molecule has 2 amide bonds. The third-order valence-electron chi connectivity index (χ3n) is 4.91. The quantitative estimate of drug-likeness (QED) is 0.691. The summed E-state index contributed by atoms with van der Waals surface area (Å²) in [5.41, 5.74) is 1.22. The van der Waals surface area contributed by atoms with E-state index in [-0.39, 0.29) is 41.9 Å². The Labute approximate surface area is 161 Å². The summed E-state index contributed by atoms with van der Waals surface area (Å²) in [5.74, 6) is -0.112. The molecule has 28 heavy (non-hydrogen) atoms.